The fraction of sp³-hybridized carbons (Fsp3) is 0.333. The molecule has 1 fully saturated rings. The molecule has 1 amide bonds. The lowest BCUT2D eigenvalue weighted by Gasteiger charge is -2.27. The van der Waals surface area contributed by atoms with Gasteiger partial charge in [0.25, 0.3) is 11.7 Å². The largest absolute Gasteiger partial charge is 0.321 e. The van der Waals surface area contributed by atoms with Gasteiger partial charge in [0, 0.05) is 6.07 Å². The van der Waals surface area contributed by atoms with Crippen LogP contribution in [0.5, 0.6) is 0 Å². The summed E-state index contributed by atoms with van der Waals surface area (Å²) >= 11 is 0. The van der Waals surface area contributed by atoms with E-state index in [4.69, 9.17) is 0 Å². The normalized spacial score (nSPS) is 15.3. The third kappa shape index (κ3) is 4.08. The van der Waals surface area contributed by atoms with Crippen LogP contribution in [0.25, 0.3) is 0 Å². The first-order chi connectivity index (χ1) is 11.6. The number of piperazine rings is 1. The number of pyridine rings is 1. The van der Waals surface area contributed by atoms with Gasteiger partial charge in [-0.25, -0.2) is 9.37 Å². The van der Waals surface area contributed by atoms with Crippen molar-refractivity contribution in [3.8, 4) is 0 Å². The molecule has 0 saturated carbocycles. The van der Waals surface area contributed by atoms with Crippen LogP contribution in [0.15, 0.2) is 42.6 Å². The molecular weight excluding hydrogens is 307 g/mol. The molecule has 126 valence electrons. The van der Waals surface area contributed by atoms with Crippen molar-refractivity contribution in [2.45, 2.75) is 6.92 Å². The van der Waals surface area contributed by atoms with E-state index in [0.29, 0.717) is 6.54 Å². The molecule has 1 aromatic heterocycles. The Hall–Kier alpha value is -2.47. The van der Waals surface area contributed by atoms with E-state index in [2.05, 4.69) is 21.3 Å². The first kappa shape index (κ1) is 16.4. The molecule has 0 bridgehead atoms. The zero-order valence-corrected chi connectivity index (χ0v) is 13.8. The number of carbonyl (C=O) groups excluding carboxylic acids is 1. The van der Waals surface area contributed by atoms with Crippen LogP contribution in [0.4, 0.5) is 15.9 Å². The lowest BCUT2D eigenvalue weighted by atomic mass is 10.2. The quantitative estimate of drug-likeness (QED) is 0.847. The van der Waals surface area contributed by atoms with Gasteiger partial charge in [0.05, 0.1) is 11.9 Å². The highest BCUT2D eigenvalue weighted by Gasteiger charge is 2.27. The summed E-state index contributed by atoms with van der Waals surface area (Å²) in [5.41, 5.74) is 1.09. The molecule has 2 aromatic rings. The predicted molar refractivity (Wildman–Crippen MR) is 90.5 cm³/mol. The molecule has 3 N–H and O–H groups in total. The molecule has 1 aromatic carbocycles. The fourth-order valence-electron chi connectivity index (χ4n) is 2.96. The van der Waals surface area contributed by atoms with Crippen LogP contribution in [0.2, 0.25) is 0 Å². The van der Waals surface area contributed by atoms with E-state index >= 15 is 0 Å². The minimum atomic E-state index is -0.386. The number of amides is 1. The van der Waals surface area contributed by atoms with Gasteiger partial charge in [0.2, 0.25) is 0 Å². The maximum Gasteiger partial charge on any atom is 0.279 e. The summed E-state index contributed by atoms with van der Waals surface area (Å²) in [4.78, 5) is 18.9. The van der Waals surface area contributed by atoms with Gasteiger partial charge in [-0.05, 0) is 30.7 Å². The Morgan fingerprint density at radius 1 is 1.29 bits per heavy atom. The molecule has 1 aliphatic heterocycles. The van der Waals surface area contributed by atoms with E-state index in [-0.39, 0.29) is 17.4 Å². The highest BCUT2D eigenvalue weighted by Crippen LogP contribution is 2.14. The highest BCUT2D eigenvalue weighted by atomic mass is 19.1. The number of aromatic nitrogens is 1. The average Bonchev–Trinajstić information content (AvgIpc) is 2.59. The van der Waals surface area contributed by atoms with Gasteiger partial charge in [-0.2, -0.15) is 0 Å². The molecular formula is C18H23FN4O+2. The molecule has 6 heteroatoms. The van der Waals surface area contributed by atoms with E-state index in [0.717, 1.165) is 37.6 Å². The van der Waals surface area contributed by atoms with E-state index in [1.807, 2.05) is 25.3 Å². The van der Waals surface area contributed by atoms with Crippen molar-refractivity contribution in [3.63, 3.8) is 0 Å². The molecule has 1 aliphatic rings. The second kappa shape index (κ2) is 7.40. The summed E-state index contributed by atoms with van der Waals surface area (Å²) in [5, 5.41) is 2.67. The van der Waals surface area contributed by atoms with Crippen molar-refractivity contribution in [3.05, 3.63) is 54.0 Å². The van der Waals surface area contributed by atoms with Crippen LogP contribution in [-0.4, -0.2) is 38.6 Å². The predicted octanol–water partition coefficient (Wildman–Crippen LogP) is 0.292. The molecule has 0 spiro atoms. The molecule has 1 saturated heterocycles. The van der Waals surface area contributed by atoms with E-state index in [1.165, 1.54) is 11.0 Å². The Labute approximate surface area is 141 Å². The van der Waals surface area contributed by atoms with Crippen molar-refractivity contribution in [2.75, 3.05) is 42.9 Å². The second-order valence-electron chi connectivity index (χ2n) is 6.19. The number of aryl methyl sites for hydroxylation is 1. The first-order valence-corrected chi connectivity index (χ1v) is 8.23. The van der Waals surface area contributed by atoms with Crippen LogP contribution >= 0.6 is 0 Å². The van der Waals surface area contributed by atoms with Crippen molar-refractivity contribution in [1.29, 1.82) is 0 Å². The Bertz CT molecular complexity index is 699. The van der Waals surface area contributed by atoms with E-state index in [9.17, 15) is 9.18 Å². The number of aromatic amines is 1. The molecule has 0 aliphatic carbocycles. The van der Waals surface area contributed by atoms with Crippen molar-refractivity contribution >= 4 is 17.4 Å². The highest BCUT2D eigenvalue weighted by molar-refractivity contribution is 5.91. The molecule has 3 rings (SSSR count). The number of nitrogens with zero attached hydrogens (tertiary/aromatic N) is 1. The van der Waals surface area contributed by atoms with Crippen LogP contribution in [0.3, 0.4) is 0 Å². The van der Waals surface area contributed by atoms with Gasteiger partial charge in [-0.3, -0.25) is 9.69 Å². The smallest absolute Gasteiger partial charge is 0.279 e. The van der Waals surface area contributed by atoms with Crippen LogP contribution < -0.4 is 20.1 Å². The number of hydrogen-bond acceptors (Lipinski definition) is 2. The number of halogens is 1. The summed E-state index contributed by atoms with van der Waals surface area (Å²) < 4.78 is 13.8. The minimum absolute atomic E-state index is 0.146. The van der Waals surface area contributed by atoms with E-state index in [1.54, 1.807) is 12.1 Å². The number of quaternary nitrogens is 1. The molecule has 2 heterocycles. The number of anilines is 2. The number of benzene rings is 1. The summed E-state index contributed by atoms with van der Waals surface area (Å²) in [7, 11) is 0. The molecule has 0 atom stereocenters. The SMILES string of the molecule is Cc1ccc(NC(=O)C[NH+]2CCN(c3cccc[nH+]3)CC2)c(F)c1. The average molecular weight is 330 g/mol. The van der Waals surface area contributed by atoms with Crippen LogP contribution in [0, 0.1) is 12.7 Å². The van der Waals surface area contributed by atoms with Gasteiger partial charge < -0.3 is 10.2 Å². The molecule has 0 radical (unpaired) electrons. The third-order valence-corrected chi connectivity index (χ3v) is 4.31. The zero-order chi connectivity index (χ0) is 16.9. The van der Waals surface area contributed by atoms with E-state index < -0.39 is 0 Å². The Balaban J connectivity index is 1.50. The number of nitrogens with one attached hydrogen (secondary N) is 3. The standard InChI is InChI=1S/C18H21FN4O/c1-14-5-6-16(15(19)12-14)21-18(24)13-22-8-10-23(11-9-22)17-4-2-3-7-20-17/h2-7,12H,8-11,13H2,1H3,(H,21,24)/p+2. The number of H-pyrrole nitrogens is 1. The lowest BCUT2D eigenvalue weighted by molar-refractivity contribution is -0.892. The van der Waals surface area contributed by atoms with Gasteiger partial charge in [0.1, 0.15) is 32.0 Å². The van der Waals surface area contributed by atoms with Crippen molar-refractivity contribution in [2.24, 2.45) is 0 Å². The van der Waals surface area contributed by atoms with Crippen LogP contribution in [0.1, 0.15) is 5.56 Å². The first-order valence-electron chi connectivity index (χ1n) is 8.23. The van der Waals surface area contributed by atoms with Gasteiger partial charge >= 0.3 is 0 Å². The maximum atomic E-state index is 13.8. The second-order valence-corrected chi connectivity index (χ2v) is 6.19. The fourth-order valence-corrected chi connectivity index (χ4v) is 2.96. The minimum Gasteiger partial charge on any atom is -0.321 e. The van der Waals surface area contributed by atoms with Crippen molar-refractivity contribution in [1.82, 2.24) is 0 Å². The monoisotopic (exact) mass is 330 g/mol. The Kier molecular flexibility index (Phi) is 5.05. The van der Waals surface area contributed by atoms with Gasteiger partial charge in [-0.1, -0.05) is 12.1 Å². The number of hydrogen-bond donors (Lipinski definition) is 2. The molecule has 24 heavy (non-hydrogen) atoms. The third-order valence-electron chi connectivity index (χ3n) is 4.31. The summed E-state index contributed by atoms with van der Waals surface area (Å²) in [6.45, 7) is 5.73. The maximum absolute atomic E-state index is 13.8. The zero-order valence-electron chi connectivity index (χ0n) is 13.8. The van der Waals surface area contributed by atoms with Crippen molar-refractivity contribution < 1.29 is 19.1 Å². The lowest BCUT2D eigenvalue weighted by Crippen LogP contribution is -3.15. The summed E-state index contributed by atoms with van der Waals surface area (Å²) in [6.07, 6.45) is 1.91. The van der Waals surface area contributed by atoms with Gasteiger partial charge in [-0.15, -0.1) is 0 Å². The summed E-state index contributed by atoms with van der Waals surface area (Å²) in [5.74, 6) is 0.568. The Morgan fingerprint density at radius 3 is 2.75 bits per heavy atom. The number of rotatable bonds is 4. The number of carbonyl (C=O) groups is 1. The topological polar surface area (TPSA) is 50.9 Å². The Morgan fingerprint density at radius 2 is 2.08 bits per heavy atom. The van der Waals surface area contributed by atoms with Crippen LogP contribution in [-0.2, 0) is 4.79 Å². The van der Waals surface area contributed by atoms with Gasteiger partial charge in [0.15, 0.2) is 6.54 Å². The molecule has 5 nitrogen and oxygen atoms in total. The molecule has 0 unspecified atom stereocenters. The summed E-state index contributed by atoms with van der Waals surface area (Å²) in [6, 6.07) is 10.9.